The molecule has 0 radical (unpaired) electrons. The summed E-state index contributed by atoms with van der Waals surface area (Å²) in [5.74, 6) is -3.21. The van der Waals surface area contributed by atoms with Crippen LogP contribution in [-0.2, 0) is 9.53 Å². The van der Waals surface area contributed by atoms with Crippen LogP contribution >= 0.6 is 0 Å². The third kappa shape index (κ3) is 3.74. The number of likely N-dealkylation sites (tertiary alicyclic amines) is 1. The molecule has 0 aliphatic carbocycles. The second kappa shape index (κ2) is 4.90. The van der Waals surface area contributed by atoms with Crippen molar-refractivity contribution in [1.82, 2.24) is 4.90 Å². The molecular formula is C11H16F3NO4. The van der Waals surface area contributed by atoms with E-state index in [-0.39, 0.29) is 13.0 Å². The summed E-state index contributed by atoms with van der Waals surface area (Å²) in [7, 11) is 0. The number of rotatable bonds is 1. The van der Waals surface area contributed by atoms with Crippen LogP contribution in [0.25, 0.3) is 0 Å². The Balaban J connectivity index is 2.95. The minimum absolute atomic E-state index is 0.237. The van der Waals surface area contributed by atoms with Crippen LogP contribution in [0.15, 0.2) is 0 Å². The molecule has 5 nitrogen and oxygen atoms in total. The number of carboxylic acids is 1. The summed E-state index contributed by atoms with van der Waals surface area (Å²) in [5.41, 5.74) is -0.936. The predicted octanol–water partition coefficient (Wildman–Crippen LogP) is 2.26. The third-order valence-corrected chi connectivity index (χ3v) is 2.68. The number of carbonyl (C=O) groups is 2. The second-order valence-corrected chi connectivity index (χ2v) is 5.39. The van der Waals surface area contributed by atoms with Crippen molar-refractivity contribution in [2.75, 3.05) is 6.54 Å². The Morgan fingerprint density at radius 2 is 1.79 bits per heavy atom. The molecule has 1 saturated heterocycles. The Morgan fingerprint density at radius 1 is 1.26 bits per heavy atom. The van der Waals surface area contributed by atoms with Gasteiger partial charge in [0.15, 0.2) is 0 Å². The Labute approximate surface area is 108 Å². The van der Waals surface area contributed by atoms with Gasteiger partial charge in [0.1, 0.15) is 11.6 Å². The van der Waals surface area contributed by atoms with E-state index >= 15 is 0 Å². The summed E-state index contributed by atoms with van der Waals surface area (Å²) in [5, 5.41) is 8.80. The van der Waals surface area contributed by atoms with Crippen LogP contribution in [0, 0.1) is 5.92 Å². The first-order chi connectivity index (χ1) is 8.43. The normalized spacial score (nSPS) is 24.4. The lowest BCUT2D eigenvalue weighted by atomic mass is 10.0. The molecule has 1 amide bonds. The number of halogens is 3. The van der Waals surface area contributed by atoms with Crippen molar-refractivity contribution >= 4 is 12.1 Å². The number of nitrogens with zero attached hydrogens (tertiary/aromatic N) is 1. The number of aliphatic carboxylic acids is 1. The van der Waals surface area contributed by atoms with E-state index in [1.54, 1.807) is 0 Å². The Hall–Kier alpha value is -1.47. The fraction of sp³-hybridized carbons (Fsp3) is 0.818. The lowest BCUT2D eigenvalue weighted by Gasteiger charge is -2.30. The molecule has 1 aliphatic rings. The van der Waals surface area contributed by atoms with Gasteiger partial charge in [0.05, 0.1) is 5.92 Å². The summed E-state index contributed by atoms with van der Waals surface area (Å²) >= 11 is 0. The molecule has 2 atom stereocenters. The maximum Gasteiger partial charge on any atom is 0.410 e. The fourth-order valence-electron chi connectivity index (χ4n) is 1.98. The van der Waals surface area contributed by atoms with Crippen molar-refractivity contribution in [3.05, 3.63) is 0 Å². The molecule has 1 aliphatic heterocycles. The van der Waals surface area contributed by atoms with Crippen molar-refractivity contribution < 1.29 is 32.6 Å². The summed E-state index contributed by atoms with van der Waals surface area (Å²) in [4.78, 5) is 23.0. The molecule has 1 rings (SSSR count). The standard InChI is InChI=1S/C11H16F3NO4/c1-10(2,3)19-9(18)15-5-4-6(8(16)17)7(15)11(12,13)14/h6-7H,4-5H2,1-3H3,(H,16,17)/t6-,7-/m1/s1. The average molecular weight is 283 g/mol. The zero-order chi connectivity index (χ0) is 15.0. The maximum absolute atomic E-state index is 12.9. The summed E-state index contributed by atoms with van der Waals surface area (Å²) in [6.07, 6.45) is -6.17. The molecule has 0 saturated carbocycles. The molecule has 1 N–H and O–H groups in total. The van der Waals surface area contributed by atoms with Crippen LogP contribution in [0.4, 0.5) is 18.0 Å². The van der Waals surface area contributed by atoms with Crippen LogP contribution in [-0.4, -0.2) is 46.4 Å². The smallest absolute Gasteiger partial charge is 0.410 e. The first-order valence-electron chi connectivity index (χ1n) is 5.72. The van der Waals surface area contributed by atoms with Gasteiger partial charge in [-0.1, -0.05) is 0 Å². The maximum atomic E-state index is 12.9. The van der Waals surface area contributed by atoms with E-state index in [4.69, 9.17) is 9.84 Å². The number of ether oxygens (including phenoxy) is 1. The monoisotopic (exact) mass is 283 g/mol. The van der Waals surface area contributed by atoms with Crippen molar-refractivity contribution in [2.24, 2.45) is 5.92 Å². The van der Waals surface area contributed by atoms with Gasteiger partial charge < -0.3 is 9.84 Å². The molecule has 0 aromatic carbocycles. The van der Waals surface area contributed by atoms with Gasteiger partial charge in [-0.2, -0.15) is 13.2 Å². The highest BCUT2D eigenvalue weighted by Gasteiger charge is 2.56. The van der Waals surface area contributed by atoms with Crippen LogP contribution in [0.5, 0.6) is 0 Å². The van der Waals surface area contributed by atoms with E-state index in [2.05, 4.69) is 0 Å². The van der Waals surface area contributed by atoms with Crippen LogP contribution < -0.4 is 0 Å². The Morgan fingerprint density at radius 3 is 2.16 bits per heavy atom. The number of carboxylic acid groups (broad SMARTS) is 1. The van der Waals surface area contributed by atoms with Gasteiger partial charge >= 0.3 is 18.2 Å². The topological polar surface area (TPSA) is 66.8 Å². The van der Waals surface area contributed by atoms with E-state index < -0.39 is 35.8 Å². The first-order valence-corrected chi connectivity index (χ1v) is 5.72. The number of amides is 1. The van der Waals surface area contributed by atoms with Gasteiger partial charge in [-0.3, -0.25) is 9.69 Å². The largest absolute Gasteiger partial charge is 0.481 e. The molecule has 0 bridgehead atoms. The van der Waals surface area contributed by atoms with Gasteiger partial charge in [0, 0.05) is 6.54 Å². The summed E-state index contributed by atoms with van der Waals surface area (Å²) < 4.78 is 43.6. The molecule has 8 heteroatoms. The minimum atomic E-state index is -4.80. The molecule has 0 aromatic rings. The molecule has 1 heterocycles. The Bertz CT molecular complexity index is 375. The summed E-state index contributed by atoms with van der Waals surface area (Å²) in [6, 6.07) is -2.33. The molecule has 110 valence electrons. The van der Waals surface area contributed by atoms with Gasteiger partial charge in [-0.15, -0.1) is 0 Å². The van der Waals surface area contributed by atoms with Crippen molar-refractivity contribution in [1.29, 1.82) is 0 Å². The van der Waals surface area contributed by atoms with Crippen molar-refractivity contribution in [3.8, 4) is 0 Å². The molecule has 0 aromatic heterocycles. The average Bonchev–Trinajstić information content (AvgIpc) is 2.57. The van der Waals surface area contributed by atoms with Crippen LogP contribution in [0.1, 0.15) is 27.2 Å². The molecular weight excluding hydrogens is 267 g/mol. The van der Waals surface area contributed by atoms with Crippen molar-refractivity contribution in [3.63, 3.8) is 0 Å². The lowest BCUT2D eigenvalue weighted by molar-refractivity contribution is -0.189. The lowest BCUT2D eigenvalue weighted by Crippen LogP contribution is -2.50. The van der Waals surface area contributed by atoms with E-state index in [0.717, 1.165) is 0 Å². The highest BCUT2D eigenvalue weighted by atomic mass is 19.4. The van der Waals surface area contributed by atoms with E-state index in [0.29, 0.717) is 4.90 Å². The van der Waals surface area contributed by atoms with Gasteiger partial charge in [0.25, 0.3) is 0 Å². The van der Waals surface area contributed by atoms with Crippen LogP contribution in [0.2, 0.25) is 0 Å². The quantitative estimate of drug-likeness (QED) is 0.801. The Kier molecular flexibility index (Phi) is 4.02. The minimum Gasteiger partial charge on any atom is -0.481 e. The predicted molar refractivity (Wildman–Crippen MR) is 58.5 cm³/mol. The zero-order valence-electron chi connectivity index (χ0n) is 10.8. The van der Waals surface area contributed by atoms with Gasteiger partial charge in [-0.05, 0) is 27.2 Å². The van der Waals surface area contributed by atoms with Gasteiger partial charge in [0.2, 0.25) is 0 Å². The van der Waals surface area contributed by atoms with Crippen molar-refractivity contribution in [2.45, 2.75) is 45.0 Å². The molecule has 0 spiro atoms. The second-order valence-electron chi connectivity index (χ2n) is 5.39. The number of carbonyl (C=O) groups excluding carboxylic acids is 1. The summed E-state index contributed by atoms with van der Waals surface area (Å²) in [6.45, 7) is 4.30. The highest BCUT2D eigenvalue weighted by Crippen LogP contribution is 2.37. The van der Waals surface area contributed by atoms with Crippen LogP contribution in [0.3, 0.4) is 0 Å². The number of alkyl halides is 3. The molecule has 1 fully saturated rings. The molecule has 19 heavy (non-hydrogen) atoms. The van der Waals surface area contributed by atoms with E-state index in [1.807, 2.05) is 0 Å². The highest BCUT2D eigenvalue weighted by molar-refractivity contribution is 5.75. The van der Waals surface area contributed by atoms with E-state index in [9.17, 15) is 22.8 Å². The third-order valence-electron chi connectivity index (χ3n) is 2.68. The molecule has 0 unspecified atom stereocenters. The van der Waals surface area contributed by atoms with Gasteiger partial charge in [-0.25, -0.2) is 4.79 Å². The first kappa shape index (κ1) is 15.6. The SMILES string of the molecule is CC(C)(C)OC(=O)N1CC[C@@H](C(=O)O)[C@@H]1C(F)(F)F. The van der Waals surface area contributed by atoms with E-state index in [1.165, 1.54) is 20.8 Å². The zero-order valence-corrected chi connectivity index (χ0v) is 10.8. The number of hydrogen-bond donors (Lipinski definition) is 1. The number of hydrogen-bond acceptors (Lipinski definition) is 3. The fourth-order valence-corrected chi connectivity index (χ4v) is 1.98.